The Hall–Kier alpha value is -1.94. The Labute approximate surface area is 110 Å². The van der Waals surface area contributed by atoms with Crippen molar-refractivity contribution in [3.05, 3.63) is 52.9 Å². The Morgan fingerprint density at radius 2 is 1.94 bits per heavy atom. The van der Waals surface area contributed by atoms with Crippen molar-refractivity contribution in [1.82, 2.24) is 5.32 Å². The van der Waals surface area contributed by atoms with Gasteiger partial charge in [-0.05, 0) is 48.0 Å². The normalized spacial score (nSPS) is 10.1. The summed E-state index contributed by atoms with van der Waals surface area (Å²) in [5.41, 5.74) is 1.54. The van der Waals surface area contributed by atoms with Crippen molar-refractivity contribution in [2.24, 2.45) is 0 Å². The number of anilines is 1. The highest BCUT2D eigenvalue weighted by Gasteiger charge is 2.03. The van der Waals surface area contributed by atoms with E-state index in [1.165, 1.54) is 0 Å². The van der Waals surface area contributed by atoms with Gasteiger partial charge in [0.25, 0.3) is 5.91 Å². The zero-order valence-corrected chi connectivity index (χ0v) is 10.6. The van der Waals surface area contributed by atoms with Crippen LogP contribution in [0.25, 0.3) is 0 Å². The maximum atomic E-state index is 11.3. The quantitative estimate of drug-likeness (QED) is 0.893. The zero-order chi connectivity index (χ0) is 13.0. The summed E-state index contributed by atoms with van der Waals surface area (Å²) in [5, 5.41) is 6.12. The highest BCUT2D eigenvalue weighted by molar-refractivity contribution is 6.28. The Morgan fingerprint density at radius 3 is 2.50 bits per heavy atom. The van der Waals surface area contributed by atoms with Crippen molar-refractivity contribution in [2.75, 3.05) is 12.4 Å². The minimum absolute atomic E-state index is 0.0978. The number of hydrogen-bond donors (Lipinski definition) is 2. The van der Waals surface area contributed by atoms with Crippen molar-refractivity contribution in [2.45, 2.75) is 6.54 Å². The number of halogens is 1. The van der Waals surface area contributed by atoms with E-state index in [4.69, 9.17) is 16.0 Å². The van der Waals surface area contributed by atoms with E-state index < -0.39 is 0 Å². The van der Waals surface area contributed by atoms with Gasteiger partial charge in [-0.15, -0.1) is 0 Å². The third-order valence-electron chi connectivity index (χ3n) is 2.47. The van der Waals surface area contributed by atoms with Crippen LogP contribution in [-0.4, -0.2) is 13.0 Å². The second kappa shape index (κ2) is 5.60. The van der Waals surface area contributed by atoms with Crippen LogP contribution < -0.4 is 10.6 Å². The van der Waals surface area contributed by atoms with Crippen LogP contribution in [0.2, 0.25) is 5.22 Å². The van der Waals surface area contributed by atoms with Crippen LogP contribution in [0.1, 0.15) is 16.1 Å². The van der Waals surface area contributed by atoms with Crippen LogP contribution in [0.5, 0.6) is 0 Å². The number of rotatable bonds is 4. The molecular formula is C13H13ClN2O2. The van der Waals surface area contributed by atoms with Gasteiger partial charge in [-0.3, -0.25) is 4.79 Å². The molecule has 1 amide bonds. The van der Waals surface area contributed by atoms with Gasteiger partial charge in [0.1, 0.15) is 5.76 Å². The first-order chi connectivity index (χ1) is 8.69. The van der Waals surface area contributed by atoms with Gasteiger partial charge in [0, 0.05) is 18.3 Å². The molecule has 0 aliphatic rings. The van der Waals surface area contributed by atoms with E-state index in [0.29, 0.717) is 17.3 Å². The Morgan fingerprint density at radius 1 is 1.22 bits per heavy atom. The number of carbonyl (C=O) groups is 1. The SMILES string of the molecule is CNC(=O)c1ccc(NCc2ccc(Cl)o2)cc1. The minimum Gasteiger partial charge on any atom is -0.448 e. The molecule has 94 valence electrons. The predicted molar refractivity (Wildman–Crippen MR) is 70.9 cm³/mol. The van der Waals surface area contributed by atoms with Gasteiger partial charge < -0.3 is 15.1 Å². The third-order valence-corrected chi connectivity index (χ3v) is 2.67. The highest BCUT2D eigenvalue weighted by atomic mass is 35.5. The number of hydrogen-bond acceptors (Lipinski definition) is 3. The molecule has 0 aliphatic carbocycles. The van der Waals surface area contributed by atoms with Crippen molar-refractivity contribution in [1.29, 1.82) is 0 Å². The summed E-state index contributed by atoms with van der Waals surface area (Å²) in [6.45, 7) is 0.548. The van der Waals surface area contributed by atoms with Crippen molar-refractivity contribution in [3.8, 4) is 0 Å². The maximum absolute atomic E-state index is 11.3. The second-order valence-corrected chi connectivity index (χ2v) is 4.09. The van der Waals surface area contributed by atoms with Crippen molar-refractivity contribution in [3.63, 3.8) is 0 Å². The molecule has 0 bridgehead atoms. The fourth-order valence-corrected chi connectivity index (χ4v) is 1.68. The molecule has 0 radical (unpaired) electrons. The zero-order valence-electron chi connectivity index (χ0n) is 9.87. The first kappa shape index (κ1) is 12.5. The van der Waals surface area contributed by atoms with Crippen LogP contribution in [0.4, 0.5) is 5.69 Å². The lowest BCUT2D eigenvalue weighted by Crippen LogP contribution is -2.17. The van der Waals surface area contributed by atoms with E-state index >= 15 is 0 Å². The van der Waals surface area contributed by atoms with E-state index in [0.717, 1.165) is 11.4 Å². The van der Waals surface area contributed by atoms with Crippen LogP contribution in [0.3, 0.4) is 0 Å². The molecule has 1 heterocycles. The molecule has 0 aliphatic heterocycles. The molecule has 0 atom stereocenters. The molecular weight excluding hydrogens is 252 g/mol. The average Bonchev–Trinajstić information content (AvgIpc) is 2.82. The van der Waals surface area contributed by atoms with E-state index in [1.54, 1.807) is 25.2 Å². The summed E-state index contributed by atoms with van der Waals surface area (Å²) >= 11 is 5.67. The standard InChI is InChI=1S/C13H13ClN2O2/c1-15-13(17)9-2-4-10(5-3-9)16-8-11-6-7-12(14)18-11/h2-7,16H,8H2,1H3,(H,15,17). The van der Waals surface area contributed by atoms with E-state index in [1.807, 2.05) is 18.2 Å². The molecule has 2 N–H and O–H groups in total. The molecule has 2 rings (SSSR count). The first-order valence-corrected chi connectivity index (χ1v) is 5.87. The predicted octanol–water partition coefficient (Wildman–Crippen LogP) is 2.90. The first-order valence-electron chi connectivity index (χ1n) is 5.49. The molecule has 1 aromatic carbocycles. The molecule has 0 fully saturated rings. The summed E-state index contributed by atoms with van der Waals surface area (Å²) in [6.07, 6.45) is 0. The second-order valence-electron chi connectivity index (χ2n) is 3.72. The largest absolute Gasteiger partial charge is 0.448 e. The van der Waals surface area contributed by atoms with Gasteiger partial charge in [-0.2, -0.15) is 0 Å². The lowest BCUT2D eigenvalue weighted by Gasteiger charge is -2.05. The number of carbonyl (C=O) groups excluding carboxylic acids is 1. The van der Waals surface area contributed by atoms with E-state index in [-0.39, 0.29) is 5.91 Å². The Kier molecular flexibility index (Phi) is 3.89. The third kappa shape index (κ3) is 3.05. The lowest BCUT2D eigenvalue weighted by atomic mass is 10.2. The fourth-order valence-electron chi connectivity index (χ4n) is 1.52. The molecule has 0 spiro atoms. The minimum atomic E-state index is -0.0978. The Balaban J connectivity index is 1.96. The Bertz CT molecular complexity index is 534. The molecule has 0 saturated heterocycles. The fraction of sp³-hybridized carbons (Fsp3) is 0.154. The average molecular weight is 265 g/mol. The van der Waals surface area contributed by atoms with Gasteiger partial charge in [0.2, 0.25) is 0 Å². The summed E-state index contributed by atoms with van der Waals surface area (Å²) in [7, 11) is 1.61. The van der Waals surface area contributed by atoms with Gasteiger partial charge in [0.05, 0.1) is 6.54 Å². The number of amides is 1. The molecule has 1 aromatic heterocycles. The van der Waals surface area contributed by atoms with Crippen LogP contribution in [0, 0.1) is 0 Å². The molecule has 18 heavy (non-hydrogen) atoms. The summed E-state index contributed by atoms with van der Waals surface area (Å²) in [4.78, 5) is 11.3. The molecule has 0 saturated carbocycles. The van der Waals surface area contributed by atoms with Crippen LogP contribution >= 0.6 is 11.6 Å². The molecule has 4 nitrogen and oxygen atoms in total. The number of furan rings is 1. The lowest BCUT2D eigenvalue weighted by molar-refractivity contribution is 0.0963. The number of benzene rings is 1. The topological polar surface area (TPSA) is 54.3 Å². The summed E-state index contributed by atoms with van der Waals surface area (Å²) in [6, 6.07) is 10.7. The van der Waals surface area contributed by atoms with Gasteiger partial charge >= 0.3 is 0 Å². The molecule has 5 heteroatoms. The van der Waals surface area contributed by atoms with E-state index in [9.17, 15) is 4.79 Å². The smallest absolute Gasteiger partial charge is 0.251 e. The monoisotopic (exact) mass is 264 g/mol. The molecule has 0 unspecified atom stereocenters. The van der Waals surface area contributed by atoms with Crippen molar-refractivity contribution < 1.29 is 9.21 Å². The van der Waals surface area contributed by atoms with Gasteiger partial charge in [0.15, 0.2) is 5.22 Å². The van der Waals surface area contributed by atoms with Crippen molar-refractivity contribution >= 4 is 23.2 Å². The van der Waals surface area contributed by atoms with Crippen LogP contribution in [0.15, 0.2) is 40.8 Å². The molecule has 2 aromatic rings. The number of nitrogens with one attached hydrogen (secondary N) is 2. The highest BCUT2D eigenvalue weighted by Crippen LogP contribution is 2.15. The van der Waals surface area contributed by atoms with E-state index in [2.05, 4.69) is 10.6 Å². The van der Waals surface area contributed by atoms with Gasteiger partial charge in [-0.25, -0.2) is 0 Å². The van der Waals surface area contributed by atoms with Crippen LogP contribution in [-0.2, 0) is 6.54 Å². The maximum Gasteiger partial charge on any atom is 0.251 e. The summed E-state index contributed by atoms with van der Waals surface area (Å²) in [5.74, 6) is 0.662. The summed E-state index contributed by atoms with van der Waals surface area (Å²) < 4.78 is 5.22. The van der Waals surface area contributed by atoms with Gasteiger partial charge in [-0.1, -0.05) is 0 Å².